The zero-order chi connectivity index (χ0) is 19.1. The number of hydrogen-bond donors (Lipinski definition) is 3. The molecule has 0 radical (unpaired) electrons. The Kier molecular flexibility index (Phi) is 6.55. The van der Waals surface area contributed by atoms with Gasteiger partial charge in [-0.25, -0.2) is 5.48 Å². The molecule has 2 aromatic rings. The first-order valence-electron chi connectivity index (χ1n) is 8.62. The predicted octanol–water partition coefficient (Wildman–Crippen LogP) is 2.72. The van der Waals surface area contributed by atoms with E-state index in [1.54, 1.807) is 5.48 Å². The molecule has 1 aliphatic rings. The van der Waals surface area contributed by atoms with Crippen LogP contribution >= 0.6 is 11.3 Å². The van der Waals surface area contributed by atoms with Crippen LogP contribution in [0.5, 0.6) is 11.5 Å². The van der Waals surface area contributed by atoms with Crippen LogP contribution in [0.1, 0.15) is 38.5 Å². The van der Waals surface area contributed by atoms with Gasteiger partial charge in [0, 0.05) is 18.4 Å². The lowest BCUT2D eigenvalue weighted by molar-refractivity contribution is -0.129. The van der Waals surface area contributed by atoms with Crippen molar-refractivity contribution in [2.75, 3.05) is 12.1 Å². The maximum absolute atomic E-state index is 12.0. The van der Waals surface area contributed by atoms with E-state index in [0.717, 1.165) is 24.8 Å². The zero-order valence-corrected chi connectivity index (χ0v) is 15.4. The first-order valence-corrected chi connectivity index (χ1v) is 9.43. The Morgan fingerprint density at radius 2 is 1.78 bits per heavy atom. The SMILES string of the molecule is O=C(CCCCCCC(=O)Nc1nnc(-c2ccc3c(c2)OCO3)s1)NO. The van der Waals surface area contributed by atoms with Crippen molar-refractivity contribution in [2.45, 2.75) is 38.5 Å². The largest absolute Gasteiger partial charge is 0.454 e. The highest BCUT2D eigenvalue weighted by Gasteiger charge is 2.16. The van der Waals surface area contributed by atoms with Crippen LogP contribution in [0.3, 0.4) is 0 Å². The van der Waals surface area contributed by atoms with Crippen LogP contribution in [-0.2, 0) is 9.59 Å². The Morgan fingerprint density at radius 3 is 2.56 bits per heavy atom. The van der Waals surface area contributed by atoms with E-state index in [0.29, 0.717) is 34.5 Å². The number of hydrogen-bond acceptors (Lipinski definition) is 8. The fourth-order valence-corrected chi connectivity index (χ4v) is 3.34. The van der Waals surface area contributed by atoms with Gasteiger partial charge in [-0.15, -0.1) is 10.2 Å². The topological polar surface area (TPSA) is 123 Å². The van der Waals surface area contributed by atoms with Crippen LogP contribution in [0.15, 0.2) is 18.2 Å². The number of aromatic nitrogens is 2. The van der Waals surface area contributed by atoms with E-state index < -0.39 is 0 Å². The van der Waals surface area contributed by atoms with Crippen LogP contribution in [0.4, 0.5) is 5.13 Å². The molecule has 1 aliphatic heterocycles. The van der Waals surface area contributed by atoms with Gasteiger partial charge in [0.2, 0.25) is 23.7 Å². The highest BCUT2D eigenvalue weighted by atomic mass is 32.1. The minimum absolute atomic E-state index is 0.114. The molecule has 3 rings (SSSR count). The number of anilines is 1. The fourth-order valence-electron chi connectivity index (χ4n) is 2.58. The average molecular weight is 392 g/mol. The van der Waals surface area contributed by atoms with Crippen LogP contribution in [0.25, 0.3) is 10.6 Å². The summed E-state index contributed by atoms with van der Waals surface area (Å²) in [4.78, 5) is 22.9. The number of benzene rings is 1. The fraction of sp³-hybridized carbons (Fsp3) is 0.412. The number of rotatable bonds is 9. The van der Waals surface area contributed by atoms with Gasteiger partial charge in [0.25, 0.3) is 0 Å². The molecule has 0 atom stereocenters. The van der Waals surface area contributed by atoms with Crippen LogP contribution < -0.4 is 20.3 Å². The number of ether oxygens (including phenoxy) is 2. The van der Waals surface area contributed by atoms with Gasteiger partial charge in [-0.3, -0.25) is 14.8 Å². The Hall–Kier alpha value is -2.72. The lowest BCUT2D eigenvalue weighted by Gasteiger charge is -2.02. The smallest absolute Gasteiger partial charge is 0.243 e. The number of unbranched alkanes of at least 4 members (excludes halogenated alkanes) is 3. The Labute approximate surface area is 159 Å². The zero-order valence-electron chi connectivity index (χ0n) is 14.6. The van der Waals surface area contributed by atoms with Crippen molar-refractivity contribution >= 4 is 28.3 Å². The summed E-state index contributed by atoms with van der Waals surface area (Å²) in [7, 11) is 0. The number of nitrogens with zero attached hydrogens (tertiary/aromatic N) is 2. The summed E-state index contributed by atoms with van der Waals surface area (Å²) >= 11 is 1.29. The molecule has 0 aliphatic carbocycles. The van der Waals surface area contributed by atoms with Crippen molar-refractivity contribution in [1.82, 2.24) is 15.7 Å². The van der Waals surface area contributed by atoms with Crippen LogP contribution in [0.2, 0.25) is 0 Å². The maximum Gasteiger partial charge on any atom is 0.243 e. The van der Waals surface area contributed by atoms with E-state index in [1.165, 1.54) is 11.3 Å². The molecule has 1 aromatic heterocycles. The van der Waals surface area contributed by atoms with Gasteiger partial charge in [0.1, 0.15) is 5.01 Å². The number of fused-ring (bicyclic) bond motifs is 1. The molecule has 2 amide bonds. The molecular weight excluding hydrogens is 372 g/mol. The van der Waals surface area contributed by atoms with Crippen LogP contribution in [-0.4, -0.2) is 34.0 Å². The van der Waals surface area contributed by atoms with E-state index in [9.17, 15) is 9.59 Å². The van der Waals surface area contributed by atoms with Gasteiger partial charge >= 0.3 is 0 Å². The number of hydroxylamine groups is 1. The number of amides is 2. The van der Waals surface area contributed by atoms with E-state index in [-0.39, 0.29) is 25.0 Å². The lowest BCUT2D eigenvalue weighted by Crippen LogP contribution is -2.17. The van der Waals surface area contributed by atoms with Crippen molar-refractivity contribution in [3.05, 3.63) is 18.2 Å². The van der Waals surface area contributed by atoms with E-state index in [1.807, 2.05) is 18.2 Å². The first-order chi connectivity index (χ1) is 13.2. The van der Waals surface area contributed by atoms with Gasteiger partial charge in [-0.2, -0.15) is 0 Å². The van der Waals surface area contributed by atoms with Crippen molar-refractivity contribution in [3.63, 3.8) is 0 Å². The number of carbonyl (C=O) groups excluding carboxylic acids is 2. The minimum Gasteiger partial charge on any atom is -0.454 e. The molecule has 10 heteroatoms. The molecule has 144 valence electrons. The van der Waals surface area contributed by atoms with Gasteiger partial charge in [-0.1, -0.05) is 24.2 Å². The summed E-state index contributed by atoms with van der Waals surface area (Å²) < 4.78 is 10.6. The van der Waals surface area contributed by atoms with Gasteiger partial charge in [0.15, 0.2) is 11.5 Å². The highest BCUT2D eigenvalue weighted by molar-refractivity contribution is 7.18. The van der Waals surface area contributed by atoms with Crippen molar-refractivity contribution < 1.29 is 24.3 Å². The third kappa shape index (κ3) is 5.38. The third-order valence-corrected chi connectivity index (χ3v) is 4.86. The number of carbonyl (C=O) groups is 2. The molecule has 9 nitrogen and oxygen atoms in total. The molecule has 3 N–H and O–H groups in total. The third-order valence-electron chi connectivity index (χ3n) is 3.97. The number of nitrogens with one attached hydrogen (secondary N) is 2. The molecule has 0 fully saturated rings. The Morgan fingerprint density at radius 1 is 1.04 bits per heavy atom. The monoisotopic (exact) mass is 392 g/mol. The molecule has 0 unspecified atom stereocenters. The maximum atomic E-state index is 12.0. The highest BCUT2D eigenvalue weighted by Crippen LogP contribution is 2.37. The normalized spacial score (nSPS) is 12.0. The summed E-state index contributed by atoms with van der Waals surface area (Å²) in [5, 5.41) is 20.4. The average Bonchev–Trinajstić information content (AvgIpc) is 3.32. The van der Waals surface area contributed by atoms with Gasteiger partial charge < -0.3 is 14.8 Å². The van der Waals surface area contributed by atoms with Crippen LogP contribution in [0, 0.1) is 0 Å². The molecule has 0 spiro atoms. The van der Waals surface area contributed by atoms with E-state index in [4.69, 9.17) is 14.7 Å². The Bertz CT molecular complexity index is 810. The molecule has 1 aromatic carbocycles. The quantitative estimate of drug-likeness (QED) is 0.341. The van der Waals surface area contributed by atoms with Crippen molar-refractivity contribution in [3.8, 4) is 22.1 Å². The first kappa shape index (κ1) is 19.1. The standard InChI is InChI=1S/C17H20N4O5S/c22-14(5-3-1-2-4-6-15(23)21-24)18-17-20-19-16(27-17)11-7-8-12-13(9-11)26-10-25-12/h7-9,24H,1-6,10H2,(H,21,23)(H,18,20,22). The molecule has 27 heavy (non-hydrogen) atoms. The predicted molar refractivity (Wildman–Crippen MR) is 97.7 cm³/mol. The molecule has 2 heterocycles. The van der Waals surface area contributed by atoms with Gasteiger partial charge in [-0.05, 0) is 31.0 Å². The second kappa shape index (κ2) is 9.28. The summed E-state index contributed by atoms with van der Waals surface area (Å²) in [6.45, 7) is 0.213. The van der Waals surface area contributed by atoms with Gasteiger partial charge in [0.05, 0.1) is 0 Å². The van der Waals surface area contributed by atoms with Crippen molar-refractivity contribution in [2.24, 2.45) is 0 Å². The molecule has 0 saturated carbocycles. The summed E-state index contributed by atoms with van der Waals surface area (Å²) in [6.07, 6.45) is 3.74. The summed E-state index contributed by atoms with van der Waals surface area (Å²) in [6, 6.07) is 5.53. The van der Waals surface area contributed by atoms with E-state index in [2.05, 4.69) is 15.5 Å². The summed E-state index contributed by atoms with van der Waals surface area (Å²) in [5.41, 5.74) is 2.45. The minimum atomic E-state index is -0.387. The molecule has 0 saturated heterocycles. The molecule has 0 bridgehead atoms. The second-order valence-corrected chi connectivity index (χ2v) is 6.96. The van der Waals surface area contributed by atoms with Crippen molar-refractivity contribution in [1.29, 1.82) is 0 Å². The second-order valence-electron chi connectivity index (χ2n) is 5.98. The lowest BCUT2D eigenvalue weighted by atomic mass is 10.1. The van der Waals surface area contributed by atoms with E-state index >= 15 is 0 Å². The molecular formula is C17H20N4O5S. The Balaban J connectivity index is 1.41. The summed E-state index contributed by atoms with van der Waals surface area (Å²) in [5.74, 6) is 0.873.